The molecule has 1 saturated heterocycles. The average molecular weight is 748 g/mol. The Balaban J connectivity index is 1.50. The predicted molar refractivity (Wildman–Crippen MR) is 200 cm³/mol. The second kappa shape index (κ2) is 15.1. The standard InChI is InChI=1S/C38H46N3O9PSi/c1-37(2,3)52(6,7)50-33-31(48-35(34(33)49-51(43)44)41-23-21-32(42)40-24-22-39-36(40)41)25-47-38(26-11-9-8-10-12-26,27-13-17-29(45-4)18-14-27)28-15-19-30(46-5)20-16-28/h8-24,31,33-35,51H,25H2,1-7H3,(H,43,44)/t31-,33-,34-,35-/m1/s1. The summed E-state index contributed by atoms with van der Waals surface area (Å²) in [5, 5.41) is -0.223. The molecule has 1 N–H and O–H groups in total. The minimum absolute atomic E-state index is 0.0279. The Morgan fingerprint density at radius 3 is 1.96 bits per heavy atom. The highest BCUT2D eigenvalue weighted by Crippen LogP contribution is 2.46. The summed E-state index contributed by atoms with van der Waals surface area (Å²) in [5.74, 6) is 1.67. The normalized spacial score (nSPS) is 20.2. The summed E-state index contributed by atoms with van der Waals surface area (Å²) in [6.45, 7) is 10.5. The molecule has 1 aliphatic heterocycles. The van der Waals surface area contributed by atoms with Crippen LogP contribution in [0.5, 0.6) is 11.5 Å². The van der Waals surface area contributed by atoms with Gasteiger partial charge in [0.2, 0.25) is 5.78 Å². The zero-order valence-corrected chi connectivity index (χ0v) is 32.4. The predicted octanol–water partition coefficient (Wildman–Crippen LogP) is 6.58. The van der Waals surface area contributed by atoms with Crippen molar-refractivity contribution in [1.29, 1.82) is 0 Å². The van der Waals surface area contributed by atoms with Crippen LogP contribution in [-0.2, 0) is 28.6 Å². The number of imidazole rings is 1. The maximum atomic E-state index is 12.7. The number of ether oxygens (including phenoxy) is 4. The van der Waals surface area contributed by atoms with Gasteiger partial charge in [0.15, 0.2) is 14.5 Å². The number of benzene rings is 3. The van der Waals surface area contributed by atoms with Crippen molar-refractivity contribution in [3.8, 4) is 11.5 Å². The van der Waals surface area contributed by atoms with Gasteiger partial charge in [0.05, 0.1) is 20.8 Å². The Morgan fingerprint density at radius 1 is 0.846 bits per heavy atom. The van der Waals surface area contributed by atoms with Gasteiger partial charge >= 0.3 is 8.25 Å². The van der Waals surface area contributed by atoms with Crippen molar-refractivity contribution in [2.45, 2.75) is 69.0 Å². The van der Waals surface area contributed by atoms with E-state index in [-0.39, 0.29) is 23.0 Å². The van der Waals surface area contributed by atoms with Gasteiger partial charge in [-0.3, -0.25) is 22.9 Å². The van der Waals surface area contributed by atoms with Crippen molar-refractivity contribution in [1.82, 2.24) is 14.0 Å². The zero-order valence-electron chi connectivity index (χ0n) is 30.4. The van der Waals surface area contributed by atoms with Crippen LogP contribution in [0.3, 0.4) is 0 Å². The Kier molecular flexibility index (Phi) is 11.0. The number of nitrogens with zero attached hydrogens (tertiary/aromatic N) is 3. The monoisotopic (exact) mass is 747 g/mol. The van der Waals surface area contributed by atoms with Crippen molar-refractivity contribution in [3.63, 3.8) is 0 Å². The molecule has 0 bridgehead atoms. The molecule has 276 valence electrons. The molecule has 1 unspecified atom stereocenters. The van der Waals surface area contributed by atoms with Crippen molar-refractivity contribution in [2.24, 2.45) is 0 Å². The molecule has 6 rings (SSSR count). The smallest absolute Gasteiger partial charge is 0.317 e. The highest BCUT2D eigenvalue weighted by atomic mass is 31.1. The molecule has 52 heavy (non-hydrogen) atoms. The molecule has 0 saturated carbocycles. The molecule has 0 aliphatic carbocycles. The summed E-state index contributed by atoms with van der Waals surface area (Å²) < 4.78 is 53.5. The van der Waals surface area contributed by atoms with E-state index in [4.69, 9.17) is 27.9 Å². The largest absolute Gasteiger partial charge is 0.497 e. The van der Waals surface area contributed by atoms with Crippen LogP contribution in [0.25, 0.3) is 5.78 Å². The molecule has 0 amide bonds. The SMILES string of the molecule is COc1ccc(C(OC[C@H]2O[C@@H](n3ccc(=O)n4ccnc34)[C@H](O[PH](=O)O)[C@@H]2O[Si](C)(C)C(C)(C)C)(c2ccccc2)c2ccc(OC)cc2)cc1. The number of aromatic nitrogens is 3. The van der Waals surface area contributed by atoms with E-state index in [2.05, 4.69) is 38.8 Å². The molecule has 3 heterocycles. The highest BCUT2D eigenvalue weighted by Gasteiger charge is 2.53. The molecule has 2 aromatic heterocycles. The number of rotatable bonds is 13. The Hall–Kier alpha value is -4.07. The van der Waals surface area contributed by atoms with Crippen LogP contribution >= 0.6 is 8.25 Å². The van der Waals surface area contributed by atoms with Crippen LogP contribution in [-0.4, -0.2) is 66.3 Å². The van der Waals surface area contributed by atoms with Gasteiger partial charge in [-0.25, -0.2) is 4.98 Å². The highest BCUT2D eigenvalue weighted by molar-refractivity contribution is 7.32. The molecular formula is C38H46N3O9PSi. The van der Waals surface area contributed by atoms with Crippen molar-refractivity contribution in [3.05, 3.63) is 131 Å². The summed E-state index contributed by atoms with van der Waals surface area (Å²) in [5.41, 5.74) is 1.06. The number of hydrogen-bond donors (Lipinski definition) is 1. The summed E-state index contributed by atoms with van der Waals surface area (Å²) in [6, 6.07) is 26.7. The van der Waals surface area contributed by atoms with Gasteiger partial charge in [0, 0.05) is 24.7 Å². The topological polar surface area (TPSA) is 132 Å². The van der Waals surface area contributed by atoms with Crippen LogP contribution in [0.4, 0.5) is 0 Å². The van der Waals surface area contributed by atoms with E-state index in [9.17, 15) is 14.3 Å². The minimum atomic E-state index is -3.49. The van der Waals surface area contributed by atoms with E-state index < -0.39 is 46.7 Å². The number of fused-ring (bicyclic) bond motifs is 1. The fourth-order valence-corrected chi connectivity index (χ4v) is 8.20. The number of hydrogen-bond acceptors (Lipinski definition) is 9. The molecule has 0 spiro atoms. The minimum Gasteiger partial charge on any atom is -0.497 e. The first-order valence-corrected chi connectivity index (χ1v) is 21.2. The third-order valence-corrected chi connectivity index (χ3v) is 15.1. The van der Waals surface area contributed by atoms with E-state index in [0.29, 0.717) is 11.5 Å². The lowest BCUT2D eigenvalue weighted by Crippen LogP contribution is -2.50. The van der Waals surface area contributed by atoms with Gasteiger partial charge in [0.1, 0.15) is 35.4 Å². The summed E-state index contributed by atoms with van der Waals surface area (Å²) in [4.78, 5) is 27.3. The van der Waals surface area contributed by atoms with Crippen LogP contribution in [0.15, 0.2) is 108 Å². The summed E-state index contributed by atoms with van der Waals surface area (Å²) >= 11 is 0. The van der Waals surface area contributed by atoms with Crippen molar-refractivity contribution >= 4 is 22.3 Å². The first-order chi connectivity index (χ1) is 24.8. The van der Waals surface area contributed by atoms with Crippen molar-refractivity contribution < 1.29 is 37.4 Å². The van der Waals surface area contributed by atoms with Gasteiger partial charge in [0.25, 0.3) is 5.56 Å². The van der Waals surface area contributed by atoms with E-state index in [0.717, 1.165) is 16.7 Å². The van der Waals surface area contributed by atoms with Gasteiger partial charge < -0.3 is 28.3 Å². The zero-order chi connectivity index (χ0) is 37.3. The van der Waals surface area contributed by atoms with Gasteiger partial charge in [-0.05, 0) is 59.1 Å². The third kappa shape index (κ3) is 7.27. The molecular weight excluding hydrogens is 701 g/mol. The van der Waals surface area contributed by atoms with Crippen LogP contribution < -0.4 is 15.0 Å². The number of methoxy groups -OCH3 is 2. The van der Waals surface area contributed by atoms with Crippen LogP contribution in [0, 0.1) is 0 Å². The molecule has 0 radical (unpaired) electrons. The second-order valence-electron chi connectivity index (χ2n) is 14.2. The summed E-state index contributed by atoms with van der Waals surface area (Å²) in [7, 11) is -2.82. The molecule has 5 aromatic rings. The van der Waals surface area contributed by atoms with Crippen molar-refractivity contribution in [2.75, 3.05) is 20.8 Å². The lowest BCUT2D eigenvalue weighted by atomic mass is 9.80. The Bertz CT molecular complexity index is 2000. The van der Waals surface area contributed by atoms with E-state index >= 15 is 0 Å². The molecule has 1 aliphatic rings. The molecule has 14 heteroatoms. The second-order valence-corrected chi connectivity index (χ2v) is 19.8. The van der Waals surface area contributed by atoms with Gasteiger partial charge in [-0.2, -0.15) is 0 Å². The fraction of sp³-hybridized carbons (Fsp3) is 0.368. The van der Waals surface area contributed by atoms with Gasteiger partial charge in [-0.15, -0.1) is 0 Å². The maximum Gasteiger partial charge on any atom is 0.317 e. The lowest BCUT2D eigenvalue weighted by Gasteiger charge is -2.41. The van der Waals surface area contributed by atoms with E-state index in [1.165, 1.54) is 16.7 Å². The van der Waals surface area contributed by atoms with Crippen LogP contribution in [0.1, 0.15) is 43.7 Å². The third-order valence-electron chi connectivity index (χ3n) is 10.1. The molecule has 12 nitrogen and oxygen atoms in total. The Morgan fingerprint density at radius 2 is 1.42 bits per heavy atom. The Labute approximate surface area is 304 Å². The molecule has 5 atom stereocenters. The summed E-state index contributed by atoms with van der Waals surface area (Å²) in [6.07, 6.45) is 0.903. The van der Waals surface area contributed by atoms with E-state index in [1.54, 1.807) is 31.2 Å². The first kappa shape index (κ1) is 37.7. The molecule has 3 aromatic carbocycles. The lowest BCUT2D eigenvalue weighted by molar-refractivity contribution is -0.0928. The first-order valence-electron chi connectivity index (χ1n) is 17.0. The van der Waals surface area contributed by atoms with E-state index in [1.807, 2.05) is 78.9 Å². The maximum absolute atomic E-state index is 12.7. The fourth-order valence-electron chi connectivity index (χ4n) is 6.40. The van der Waals surface area contributed by atoms with Gasteiger partial charge in [-0.1, -0.05) is 75.4 Å². The average Bonchev–Trinajstić information content (AvgIpc) is 3.75. The van der Waals surface area contributed by atoms with Crippen LogP contribution in [0.2, 0.25) is 18.1 Å². The quantitative estimate of drug-likeness (QED) is 0.0801. The molecule has 1 fully saturated rings.